The summed E-state index contributed by atoms with van der Waals surface area (Å²) in [6.45, 7) is 0.228. The molecule has 0 unspecified atom stereocenters. The summed E-state index contributed by atoms with van der Waals surface area (Å²) in [5.74, 6) is 0.508. The van der Waals surface area contributed by atoms with Crippen molar-refractivity contribution in [2.75, 3.05) is 11.9 Å². The number of carbonyl (C=O) groups excluding carboxylic acids is 2. The van der Waals surface area contributed by atoms with Crippen LogP contribution in [0.3, 0.4) is 0 Å². The first-order valence-corrected chi connectivity index (χ1v) is 12.4. The molecule has 4 bridgehead atoms. The Labute approximate surface area is 205 Å². The SMILES string of the molecule is O=C(c1cc(F)cc(C(F)(F)F)c1)N1CCc2c(ncnc2NC(=O)C23CC4CC(CC(C4)C2)C3)C1. The van der Waals surface area contributed by atoms with Crippen LogP contribution in [0.2, 0.25) is 0 Å². The predicted molar refractivity (Wildman–Crippen MR) is 121 cm³/mol. The van der Waals surface area contributed by atoms with Crippen LogP contribution < -0.4 is 5.32 Å². The first-order valence-electron chi connectivity index (χ1n) is 12.4. The maximum absolute atomic E-state index is 13.8. The summed E-state index contributed by atoms with van der Waals surface area (Å²) < 4.78 is 53.1. The Morgan fingerprint density at radius 3 is 2.31 bits per heavy atom. The van der Waals surface area contributed by atoms with Gasteiger partial charge in [-0.25, -0.2) is 14.4 Å². The monoisotopic (exact) mass is 502 g/mol. The number of aromatic nitrogens is 2. The second kappa shape index (κ2) is 8.24. The lowest BCUT2D eigenvalue weighted by Gasteiger charge is -2.55. The fourth-order valence-corrected chi connectivity index (χ4v) is 7.32. The normalized spacial score (nSPS) is 28.7. The number of anilines is 1. The minimum absolute atomic E-state index is 0.0143. The smallest absolute Gasteiger partial charge is 0.332 e. The summed E-state index contributed by atoms with van der Waals surface area (Å²) in [5.41, 5.74) is -0.653. The van der Waals surface area contributed by atoms with Crippen molar-refractivity contribution in [1.82, 2.24) is 14.9 Å². The lowest BCUT2D eigenvalue weighted by molar-refractivity contribution is -0.140. The van der Waals surface area contributed by atoms with E-state index in [9.17, 15) is 27.2 Å². The number of rotatable bonds is 3. The molecule has 4 fully saturated rings. The second-order valence-corrected chi connectivity index (χ2v) is 11.0. The van der Waals surface area contributed by atoms with Crippen LogP contribution in [0.25, 0.3) is 0 Å². The third kappa shape index (κ3) is 4.04. The zero-order valence-electron chi connectivity index (χ0n) is 19.6. The van der Waals surface area contributed by atoms with Crippen LogP contribution in [0.1, 0.15) is 65.7 Å². The van der Waals surface area contributed by atoms with Gasteiger partial charge in [0.2, 0.25) is 5.91 Å². The molecule has 2 amide bonds. The molecule has 0 saturated heterocycles. The van der Waals surface area contributed by atoms with Gasteiger partial charge in [-0.05, 0) is 80.9 Å². The molecule has 4 aliphatic carbocycles. The topological polar surface area (TPSA) is 75.2 Å². The van der Waals surface area contributed by atoms with Gasteiger partial charge in [0.15, 0.2) is 0 Å². The van der Waals surface area contributed by atoms with Crippen molar-refractivity contribution in [3.05, 3.63) is 52.7 Å². The van der Waals surface area contributed by atoms with Crippen molar-refractivity contribution < 1.29 is 27.2 Å². The summed E-state index contributed by atoms with van der Waals surface area (Å²) in [7, 11) is 0. The van der Waals surface area contributed by atoms with E-state index in [1.165, 1.54) is 30.5 Å². The summed E-state index contributed by atoms with van der Waals surface area (Å²) in [5, 5.41) is 3.07. The van der Waals surface area contributed by atoms with Crippen LogP contribution in [0, 0.1) is 29.0 Å². The third-order valence-corrected chi connectivity index (χ3v) is 8.52. The Hall–Kier alpha value is -3.04. The number of fused-ring (bicyclic) bond motifs is 1. The van der Waals surface area contributed by atoms with Gasteiger partial charge in [0.1, 0.15) is 18.0 Å². The number of alkyl halides is 3. The van der Waals surface area contributed by atoms with Gasteiger partial charge in [0.25, 0.3) is 5.91 Å². The average Bonchev–Trinajstić information content (AvgIpc) is 2.81. The minimum atomic E-state index is -4.76. The summed E-state index contributed by atoms with van der Waals surface area (Å²) >= 11 is 0. The molecule has 0 spiro atoms. The highest BCUT2D eigenvalue weighted by atomic mass is 19.4. The molecular weight excluding hydrogens is 476 g/mol. The van der Waals surface area contributed by atoms with Gasteiger partial charge >= 0.3 is 6.18 Å². The molecule has 0 radical (unpaired) electrons. The molecule has 7 rings (SSSR count). The van der Waals surface area contributed by atoms with E-state index in [4.69, 9.17) is 0 Å². The molecule has 10 heteroatoms. The van der Waals surface area contributed by atoms with E-state index < -0.39 is 23.5 Å². The molecule has 1 aromatic heterocycles. The van der Waals surface area contributed by atoms with Crippen LogP contribution >= 0.6 is 0 Å². The molecule has 4 saturated carbocycles. The molecule has 1 aliphatic heterocycles. The Kier molecular flexibility index (Phi) is 5.35. The lowest BCUT2D eigenvalue weighted by Crippen LogP contribution is -2.52. The van der Waals surface area contributed by atoms with Gasteiger partial charge in [-0.1, -0.05) is 0 Å². The summed E-state index contributed by atoms with van der Waals surface area (Å²) in [6, 6.07) is 1.84. The molecule has 2 heterocycles. The van der Waals surface area contributed by atoms with Gasteiger partial charge in [-0.2, -0.15) is 13.2 Å². The molecule has 6 nitrogen and oxygen atoms in total. The highest BCUT2D eigenvalue weighted by molar-refractivity contribution is 5.96. The van der Waals surface area contributed by atoms with Crippen LogP contribution in [-0.2, 0) is 23.9 Å². The van der Waals surface area contributed by atoms with Gasteiger partial charge in [-0.15, -0.1) is 0 Å². The number of halogens is 4. The summed E-state index contributed by atoms with van der Waals surface area (Å²) in [6.07, 6.45) is 3.36. The fourth-order valence-electron chi connectivity index (χ4n) is 7.32. The van der Waals surface area contributed by atoms with E-state index in [1.54, 1.807) is 0 Å². The van der Waals surface area contributed by atoms with Crippen molar-refractivity contribution in [3.63, 3.8) is 0 Å². The van der Waals surface area contributed by atoms with Crippen LogP contribution in [0.4, 0.5) is 23.4 Å². The Morgan fingerprint density at radius 1 is 1.00 bits per heavy atom. The quantitative estimate of drug-likeness (QED) is 0.601. The van der Waals surface area contributed by atoms with Crippen molar-refractivity contribution >= 4 is 17.6 Å². The largest absolute Gasteiger partial charge is 0.416 e. The Balaban J connectivity index is 1.20. The molecule has 36 heavy (non-hydrogen) atoms. The number of hydrogen-bond acceptors (Lipinski definition) is 4. The van der Waals surface area contributed by atoms with E-state index in [0.717, 1.165) is 30.9 Å². The molecule has 190 valence electrons. The molecule has 0 atom stereocenters. The molecule has 1 N–H and O–H groups in total. The van der Waals surface area contributed by atoms with Crippen molar-refractivity contribution in [1.29, 1.82) is 0 Å². The maximum atomic E-state index is 13.8. The van der Waals surface area contributed by atoms with Gasteiger partial charge < -0.3 is 10.2 Å². The van der Waals surface area contributed by atoms with E-state index in [-0.39, 0.29) is 30.0 Å². The molecule has 2 aromatic rings. The predicted octanol–water partition coefficient (Wildman–Crippen LogP) is 4.99. The first kappa shape index (κ1) is 23.4. The third-order valence-electron chi connectivity index (χ3n) is 8.52. The van der Waals surface area contributed by atoms with Crippen LogP contribution in [0.5, 0.6) is 0 Å². The highest BCUT2D eigenvalue weighted by Gasteiger charge is 2.54. The minimum Gasteiger partial charge on any atom is -0.332 e. The zero-order valence-corrected chi connectivity index (χ0v) is 19.6. The zero-order chi connectivity index (χ0) is 25.2. The lowest BCUT2D eigenvalue weighted by atomic mass is 9.49. The van der Waals surface area contributed by atoms with Crippen molar-refractivity contribution in [2.45, 2.75) is 57.7 Å². The second-order valence-electron chi connectivity index (χ2n) is 11.0. The molecule has 1 aromatic carbocycles. The number of nitrogens with zero attached hydrogens (tertiary/aromatic N) is 3. The number of amides is 2. The van der Waals surface area contributed by atoms with Gasteiger partial charge in [0.05, 0.1) is 23.2 Å². The van der Waals surface area contributed by atoms with E-state index in [0.29, 0.717) is 47.8 Å². The van der Waals surface area contributed by atoms with Crippen LogP contribution in [0.15, 0.2) is 24.5 Å². The van der Waals surface area contributed by atoms with E-state index in [1.807, 2.05) is 0 Å². The fraction of sp³-hybridized carbons (Fsp3) is 0.538. The standard InChI is InChI=1S/C26H26F4N4O2/c27-19-7-17(6-18(8-19)26(28,29)30)23(35)34-2-1-20-21(12-34)31-13-32-22(20)33-24(36)25-9-14-3-15(10-25)5-16(4-14)11-25/h6-8,13-16H,1-5,9-12H2,(H,31,32,33,36). The van der Waals surface area contributed by atoms with Gasteiger partial charge in [0, 0.05) is 17.7 Å². The van der Waals surface area contributed by atoms with Crippen molar-refractivity contribution in [2.24, 2.45) is 23.2 Å². The Morgan fingerprint density at radius 2 is 1.67 bits per heavy atom. The van der Waals surface area contributed by atoms with Crippen LogP contribution in [-0.4, -0.2) is 33.2 Å². The number of hydrogen-bond donors (Lipinski definition) is 1. The Bertz CT molecular complexity index is 1210. The highest BCUT2D eigenvalue weighted by Crippen LogP contribution is 2.60. The summed E-state index contributed by atoms with van der Waals surface area (Å²) in [4.78, 5) is 36.4. The first-order chi connectivity index (χ1) is 17.1. The molecular formula is C26H26F4N4O2. The van der Waals surface area contributed by atoms with E-state index >= 15 is 0 Å². The average molecular weight is 503 g/mol. The maximum Gasteiger partial charge on any atom is 0.416 e. The number of nitrogens with one attached hydrogen (secondary N) is 1. The number of benzene rings is 1. The van der Waals surface area contributed by atoms with Gasteiger partial charge in [-0.3, -0.25) is 9.59 Å². The van der Waals surface area contributed by atoms with E-state index in [2.05, 4.69) is 15.3 Å². The molecule has 5 aliphatic rings. The number of carbonyl (C=O) groups is 2. The van der Waals surface area contributed by atoms with Crippen molar-refractivity contribution in [3.8, 4) is 0 Å².